The van der Waals surface area contributed by atoms with Crippen molar-refractivity contribution >= 4 is 41.3 Å². The maximum absolute atomic E-state index is 12.9. The molecule has 2 aromatic heterocycles. The molecule has 1 aromatic carbocycles. The van der Waals surface area contributed by atoms with E-state index >= 15 is 0 Å². The summed E-state index contributed by atoms with van der Waals surface area (Å²) in [7, 11) is 1.55. The van der Waals surface area contributed by atoms with Gasteiger partial charge in [0.05, 0.1) is 6.54 Å². The number of hydrogen-bond donors (Lipinski definition) is 2. The molecule has 0 aliphatic heterocycles. The van der Waals surface area contributed by atoms with Crippen molar-refractivity contribution in [3.8, 4) is 11.6 Å². The number of aliphatic imine (C=N–C) groups is 1. The van der Waals surface area contributed by atoms with Gasteiger partial charge >= 0.3 is 6.18 Å². The molecule has 0 aliphatic carbocycles. The monoisotopic (exact) mass is 567 g/mol. The first-order valence-corrected chi connectivity index (χ1v) is 9.56. The summed E-state index contributed by atoms with van der Waals surface area (Å²) in [6.07, 6.45) is -2.84. The highest BCUT2D eigenvalue weighted by Gasteiger charge is 2.33. The Hall–Kier alpha value is -2.48. The van der Waals surface area contributed by atoms with Crippen LogP contribution in [0, 0.1) is 5.82 Å². The van der Waals surface area contributed by atoms with Crippen LogP contribution in [0.4, 0.5) is 17.6 Å². The number of benzene rings is 1. The van der Waals surface area contributed by atoms with Gasteiger partial charge < -0.3 is 15.4 Å². The highest BCUT2D eigenvalue weighted by Crippen LogP contribution is 2.29. The third-order valence-electron chi connectivity index (χ3n) is 3.77. The Labute approximate surface area is 196 Å². The molecule has 0 amide bonds. The SMILES string of the molecule is CN=C(NCc1ccc(Oc2ccc(F)cc2)nc1)NCc1nc(C(F)(F)F)cs1.I. The Morgan fingerprint density at radius 3 is 2.39 bits per heavy atom. The fourth-order valence-corrected chi connectivity index (χ4v) is 3.03. The van der Waals surface area contributed by atoms with Crippen LogP contribution in [0.5, 0.6) is 11.6 Å². The molecular weight excluding hydrogens is 549 g/mol. The van der Waals surface area contributed by atoms with Crippen LogP contribution in [0.15, 0.2) is 53.0 Å². The minimum Gasteiger partial charge on any atom is -0.439 e. The van der Waals surface area contributed by atoms with Crippen molar-refractivity contribution in [3.05, 3.63) is 70.1 Å². The van der Waals surface area contributed by atoms with E-state index in [0.29, 0.717) is 29.1 Å². The minimum atomic E-state index is -4.45. The van der Waals surface area contributed by atoms with Crippen molar-refractivity contribution in [2.75, 3.05) is 7.05 Å². The Morgan fingerprint density at radius 2 is 1.81 bits per heavy atom. The number of nitrogens with one attached hydrogen (secondary N) is 2. The van der Waals surface area contributed by atoms with Crippen molar-refractivity contribution in [2.45, 2.75) is 19.3 Å². The maximum atomic E-state index is 12.9. The average Bonchev–Trinajstić information content (AvgIpc) is 3.21. The van der Waals surface area contributed by atoms with E-state index in [2.05, 4.69) is 25.6 Å². The zero-order valence-corrected chi connectivity index (χ0v) is 19.3. The van der Waals surface area contributed by atoms with Gasteiger partial charge in [0.25, 0.3) is 0 Å². The topological polar surface area (TPSA) is 71.4 Å². The second kappa shape index (κ2) is 11.2. The second-order valence-corrected chi connectivity index (χ2v) is 6.91. The summed E-state index contributed by atoms with van der Waals surface area (Å²) >= 11 is 0.925. The van der Waals surface area contributed by atoms with Crippen LogP contribution in [0.25, 0.3) is 0 Å². The highest BCUT2D eigenvalue weighted by molar-refractivity contribution is 14.0. The molecule has 166 valence electrons. The molecule has 0 aliphatic rings. The van der Waals surface area contributed by atoms with E-state index in [1.54, 1.807) is 25.4 Å². The molecule has 0 saturated heterocycles. The van der Waals surface area contributed by atoms with Crippen LogP contribution in [0.2, 0.25) is 0 Å². The number of ether oxygens (including phenoxy) is 1. The Kier molecular flexibility index (Phi) is 8.98. The maximum Gasteiger partial charge on any atom is 0.434 e. The Bertz CT molecular complexity index is 994. The molecule has 0 unspecified atom stereocenters. The zero-order chi connectivity index (χ0) is 21.6. The lowest BCUT2D eigenvalue weighted by Crippen LogP contribution is -2.36. The second-order valence-electron chi connectivity index (χ2n) is 5.96. The van der Waals surface area contributed by atoms with Gasteiger partial charge in [-0.2, -0.15) is 13.2 Å². The molecule has 31 heavy (non-hydrogen) atoms. The highest BCUT2D eigenvalue weighted by atomic mass is 127. The van der Waals surface area contributed by atoms with Gasteiger partial charge in [-0.3, -0.25) is 4.99 Å². The van der Waals surface area contributed by atoms with Crippen LogP contribution < -0.4 is 15.4 Å². The summed E-state index contributed by atoms with van der Waals surface area (Å²) in [5, 5.41) is 7.23. The van der Waals surface area contributed by atoms with Gasteiger partial charge in [-0.25, -0.2) is 14.4 Å². The smallest absolute Gasteiger partial charge is 0.434 e. The van der Waals surface area contributed by atoms with E-state index in [9.17, 15) is 17.6 Å². The number of halogens is 5. The average molecular weight is 567 g/mol. The van der Waals surface area contributed by atoms with Crippen molar-refractivity contribution < 1.29 is 22.3 Å². The van der Waals surface area contributed by atoms with Crippen LogP contribution in [-0.2, 0) is 19.3 Å². The van der Waals surface area contributed by atoms with Crippen LogP contribution >= 0.6 is 35.3 Å². The molecule has 0 fully saturated rings. The molecule has 0 atom stereocenters. The van der Waals surface area contributed by atoms with E-state index < -0.39 is 11.9 Å². The quantitative estimate of drug-likeness (QED) is 0.191. The van der Waals surface area contributed by atoms with Gasteiger partial charge in [-0.15, -0.1) is 35.3 Å². The number of aromatic nitrogens is 2. The molecule has 0 saturated carbocycles. The number of hydrogen-bond acceptors (Lipinski definition) is 5. The van der Waals surface area contributed by atoms with Crippen LogP contribution in [0.1, 0.15) is 16.3 Å². The van der Waals surface area contributed by atoms with Crippen molar-refractivity contribution in [3.63, 3.8) is 0 Å². The predicted octanol–water partition coefficient (Wildman–Crippen LogP) is 4.97. The van der Waals surface area contributed by atoms with Gasteiger partial charge in [0.2, 0.25) is 5.88 Å². The lowest BCUT2D eigenvalue weighted by atomic mass is 10.3. The minimum absolute atomic E-state index is 0. The molecule has 6 nitrogen and oxygen atoms in total. The first-order chi connectivity index (χ1) is 14.3. The van der Waals surface area contributed by atoms with Gasteiger partial charge in [0, 0.05) is 31.2 Å². The first kappa shape index (κ1) is 24.8. The Balaban J connectivity index is 0.00000341. The Morgan fingerprint density at radius 1 is 1.10 bits per heavy atom. The van der Waals surface area contributed by atoms with Crippen molar-refractivity contribution in [1.82, 2.24) is 20.6 Å². The van der Waals surface area contributed by atoms with Gasteiger partial charge in [-0.1, -0.05) is 6.07 Å². The normalized spacial score (nSPS) is 11.6. The number of guanidine groups is 1. The van der Waals surface area contributed by atoms with Crippen LogP contribution in [0.3, 0.4) is 0 Å². The van der Waals surface area contributed by atoms with E-state index in [1.807, 2.05) is 0 Å². The number of pyridine rings is 1. The number of alkyl halides is 3. The molecule has 2 N–H and O–H groups in total. The summed E-state index contributed by atoms with van der Waals surface area (Å²) in [6, 6.07) is 9.06. The van der Waals surface area contributed by atoms with Crippen molar-refractivity contribution in [2.24, 2.45) is 4.99 Å². The molecule has 2 heterocycles. The van der Waals surface area contributed by atoms with E-state index in [4.69, 9.17) is 4.74 Å². The van der Waals surface area contributed by atoms with Crippen LogP contribution in [-0.4, -0.2) is 23.0 Å². The lowest BCUT2D eigenvalue weighted by molar-refractivity contribution is -0.140. The summed E-state index contributed by atoms with van der Waals surface area (Å²) in [4.78, 5) is 11.8. The first-order valence-electron chi connectivity index (χ1n) is 8.68. The molecule has 12 heteroatoms. The lowest BCUT2D eigenvalue weighted by Gasteiger charge is -2.11. The number of rotatable bonds is 6. The van der Waals surface area contributed by atoms with Gasteiger partial charge in [0.1, 0.15) is 16.6 Å². The number of nitrogens with zero attached hydrogens (tertiary/aromatic N) is 3. The summed E-state index contributed by atoms with van der Waals surface area (Å²) in [6.45, 7) is 0.498. The zero-order valence-electron chi connectivity index (χ0n) is 16.1. The van der Waals surface area contributed by atoms with E-state index in [1.165, 1.54) is 24.3 Å². The van der Waals surface area contributed by atoms with E-state index in [-0.39, 0.29) is 36.3 Å². The van der Waals surface area contributed by atoms with Crippen molar-refractivity contribution in [1.29, 1.82) is 0 Å². The molecule has 3 aromatic rings. The van der Waals surface area contributed by atoms with Gasteiger partial charge in [-0.05, 0) is 29.8 Å². The third-order valence-corrected chi connectivity index (χ3v) is 4.62. The van der Waals surface area contributed by atoms with E-state index in [0.717, 1.165) is 22.3 Å². The predicted molar refractivity (Wildman–Crippen MR) is 120 cm³/mol. The van der Waals surface area contributed by atoms with Gasteiger partial charge in [0.15, 0.2) is 11.7 Å². The fourth-order valence-electron chi connectivity index (χ4n) is 2.29. The summed E-state index contributed by atoms with van der Waals surface area (Å²) < 4.78 is 56.2. The molecule has 0 spiro atoms. The fraction of sp³-hybridized carbons (Fsp3) is 0.211. The third kappa shape index (κ3) is 7.61. The molecule has 3 rings (SSSR count). The molecule has 0 radical (unpaired) electrons. The molecule has 0 bridgehead atoms. The summed E-state index contributed by atoms with van der Waals surface area (Å²) in [5.74, 6) is 0.882. The summed E-state index contributed by atoms with van der Waals surface area (Å²) in [5.41, 5.74) is -0.0701. The number of thiazole rings is 1. The largest absolute Gasteiger partial charge is 0.439 e. The molecular formula is C19H18F4IN5OS. The standard InChI is InChI=1S/C19H17F4N5OS.HI/c1-24-18(27-10-17-28-15(11-30-17)19(21,22)23)26-9-12-2-7-16(25-8-12)29-14-5-3-13(20)4-6-14;/h2-8,11H,9-10H2,1H3,(H2,24,26,27);1H.